The number of pyridine rings is 1. The molecule has 1 N–H and O–H groups in total. The van der Waals surface area contributed by atoms with Crippen LogP contribution in [0.4, 0.5) is 0 Å². The van der Waals surface area contributed by atoms with Crippen LogP contribution in [0.1, 0.15) is 38.3 Å². The molecule has 0 atom stereocenters. The molecule has 2 rings (SSSR count). The van der Waals surface area contributed by atoms with E-state index in [-0.39, 0.29) is 5.91 Å². The van der Waals surface area contributed by atoms with Crippen molar-refractivity contribution in [2.75, 3.05) is 13.1 Å². The van der Waals surface area contributed by atoms with Gasteiger partial charge in [0.25, 0.3) is 5.91 Å². The molecular formula is C14H20N2O2. The summed E-state index contributed by atoms with van der Waals surface area (Å²) in [5.41, 5.74) is -0.162. The summed E-state index contributed by atoms with van der Waals surface area (Å²) in [5.74, 6) is 0.249. The number of hydrogen-bond acceptors (Lipinski definition) is 3. The molecule has 1 fully saturated rings. The monoisotopic (exact) mass is 248 g/mol. The number of nitrogens with zero attached hydrogens (tertiary/aromatic N) is 2. The predicted molar refractivity (Wildman–Crippen MR) is 69.1 cm³/mol. The molecule has 98 valence electrons. The number of rotatable bonds is 2. The summed E-state index contributed by atoms with van der Waals surface area (Å²) >= 11 is 0. The summed E-state index contributed by atoms with van der Waals surface area (Å²) in [7, 11) is 0. The molecule has 1 aliphatic heterocycles. The van der Waals surface area contributed by atoms with Crippen molar-refractivity contribution < 1.29 is 9.90 Å². The van der Waals surface area contributed by atoms with Crippen molar-refractivity contribution in [1.82, 2.24) is 9.88 Å². The zero-order chi connectivity index (χ0) is 13.2. The minimum Gasteiger partial charge on any atom is -0.381 e. The molecule has 0 radical (unpaired) electrons. The van der Waals surface area contributed by atoms with E-state index in [9.17, 15) is 9.90 Å². The van der Waals surface area contributed by atoms with Crippen molar-refractivity contribution in [2.45, 2.75) is 38.2 Å². The first kappa shape index (κ1) is 13.0. The first-order chi connectivity index (χ1) is 8.48. The maximum absolute atomic E-state index is 11.9. The van der Waals surface area contributed by atoms with Crippen LogP contribution in [0, 0.1) is 0 Å². The minimum absolute atomic E-state index is 0.179. The van der Waals surface area contributed by atoms with Gasteiger partial charge in [-0.15, -0.1) is 0 Å². The lowest BCUT2D eigenvalue weighted by Crippen LogP contribution is -2.48. The Bertz CT molecular complexity index is 404. The van der Waals surface area contributed by atoms with Gasteiger partial charge >= 0.3 is 0 Å². The van der Waals surface area contributed by atoms with Crippen LogP contribution < -0.4 is 0 Å². The standard InChI is InChI=1S/C14H20N2O2/c1-14(2,18)13(17)16-9-6-11(7-10-16)12-5-3-4-8-15-12/h3-5,8,11,18H,6-7,9-10H2,1-2H3. The first-order valence-electron chi connectivity index (χ1n) is 6.41. The molecule has 1 saturated heterocycles. The maximum Gasteiger partial charge on any atom is 0.253 e. The summed E-state index contributed by atoms with van der Waals surface area (Å²) in [4.78, 5) is 18.0. The van der Waals surface area contributed by atoms with E-state index in [4.69, 9.17) is 0 Å². The lowest BCUT2D eigenvalue weighted by Gasteiger charge is -2.34. The molecule has 1 amide bonds. The summed E-state index contributed by atoms with van der Waals surface area (Å²) in [6.45, 7) is 4.48. The smallest absolute Gasteiger partial charge is 0.253 e. The number of carbonyl (C=O) groups is 1. The van der Waals surface area contributed by atoms with Gasteiger partial charge in [0.05, 0.1) is 0 Å². The number of piperidine rings is 1. The zero-order valence-electron chi connectivity index (χ0n) is 11.0. The molecule has 2 heterocycles. The van der Waals surface area contributed by atoms with Gasteiger partial charge < -0.3 is 10.0 Å². The molecule has 0 bridgehead atoms. The van der Waals surface area contributed by atoms with Gasteiger partial charge in [-0.1, -0.05) is 6.07 Å². The number of aromatic nitrogens is 1. The van der Waals surface area contributed by atoms with Crippen LogP contribution in [0.3, 0.4) is 0 Å². The van der Waals surface area contributed by atoms with Crippen molar-refractivity contribution in [1.29, 1.82) is 0 Å². The highest BCUT2D eigenvalue weighted by Gasteiger charge is 2.32. The van der Waals surface area contributed by atoms with Gasteiger partial charge in [-0.25, -0.2) is 0 Å². The molecule has 1 aromatic rings. The molecule has 1 aromatic heterocycles. The minimum atomic E-state index is -1.27. The van der Waals surface area contributed by atoms with Crippen molar-refractivity contribution in [3.8, 4) is 0 Å². The van der Waals surface area contributed by atoms with Gasteiger partial charge in [-0.2, -0.15) is 0 Å². The third kappa shape index (κ3) is 2.88. The molecule has 0 unspecified atom stereocenters. The molecule has 4 heteroatoms. The normalized spacial score (nSPS) is 17.8. The number of likely N-dealkylation sites (tertiary alicyclic amines) is 1. The van der Waals surface area contributed by atoms with Gasteiger partial charge in [0.15, 0.2) is 0 Å². The fourth-order valence-electron chi connectivity index (χ4n) is 2.38. The second-order valence-corrected chi connectivity index (χ2v) is 5.38. The Morgan fingerprint density at radius 2 is 2.06 bits per heavy atom. The van der Waals surface area contributed by atoms with E-state index >= 15 is 0 Å². The quantitative estimate of drug-likeness (QED) is 0.864. The van der Waals surface area contributed by atoms with E-state index < -0.39 is 5.60 Å². The summed E-state index contributed by atoms with van der Waals surface area (Å²) < 4.78 is 0. The molecule has 0 aromatic carbocycles. The van der Waals surface area contributed by atoms with Crippen molar-refractivity contribution in [3.63, 3.8) is 0 Å². The third-order valence-corrected chi connectivity index (χ3v) is 3.41. The zero-order valence-corrected chi connectivity index (χ0v) is 11.0. The molecular weight excluding hydrogens is 228 g/mol. The van der Waals surface area contributed by atoms with Gasteiger partial charge in [-0.3, -0.25) is 9.78 Å². The van der Waals surface area contributed by atoms with Crippen molar-refractivity contribution in [2.24, 2.45) is 0 Å². The van der Waals surface area contributed by atoms with E-state index in [1.165, 1.54) is 0 Å². The Hall–Kier alpha value is -1.42. The average molecular weight is 248 g/mol. The highest BCUT2D eigenvalue weighted by Crippen LogP contribution is 2.27. The van der Waals surface area contributed by atoms with Crippen LogP contribution >= 0.6 is 0 Å². The number of hydrogen-bond donors (Lipinski definition) is 1. The number of carbonyl (C=O) groups excluding carboxylic acids is 1. The second-order valence-electron chi connectivity index (χ2n) is 5.38. The van der Waals surface area contributed by atoms with E-state index in [0.717, 1.165) is 18.5 Å². The first-order valence-corrected chi connectivity index (χ1v) is 6.41. The maximum atomic E-state index is 11.9. The Labute approximate surface area is 108 Å². The summed E-state index contributed by atoms with van der Waals surface area (Å²) in [5, 5.41) is 9.72. The van der Waals surface area contributed by atoms with Gasteiger partial charge in [0, 0.05) is 30.9 Å². The topological polar surface area (TPSA) is 53.4 Å². The second kappa shape index (κ2) is 5.06. The lowest BCUT2D eigenvalue weighted by atomic mass is 9.92. The van der Waals surface area contributed by atoms with E-state index in [1.807, 2.05) is 24.4 Å². The third-order valence-electron chi connectivity index (χ3n) is 3.41. The Kier molecular flexibility index (Phi) is 3.66. The molecule has 0 saturated carbocycles. The van der Waals surface area contributed by atoms with Gasteiger partial charge in [-0.05, 0) is 38.8 Å². The Morgan fingerprint density at radius 1 is 1.39 bits per heavy atom. The predicted octanol–water partition coefficient (Wildman–Crippen LogP) is 1.56. The van der Waals surface area contributed by atoms with E-state index in [2.05, 4.69) is 4.98 Å². The Balaban J connectivity index is 1.95. The molecule has 1 aliphatic rings. The fraction of sp³-hybridized carbons (Fsp3) is 0.571. The van der Waals surface area contributed by atoms with E-state index in [0.29, 0.717) is 19.0 Å². The van der Waals surface area contributed by atoms with Crippen molar-refractivity contribution in [3.05, 3.63) is 30.1 Å². The highest BCUT2D eigenvalue weighted by molar-refractivity contribution is 5.84. The van der Waals surface area contributed by atoms with Crippen LogP contribution in [0.25, 0.3) is 0 Å². The number of amides is 1. The van der Waals surface area contributed by atoms with Crippen LogP contribution in [0.5, 0.6) is 0 Å². The molecule has 4 nitrogen and oxygen atoms in total. The largest absolute Gasteiger partial charge is 0.381 e. The van der Waals surface area contributed by atoms with Crippen molar-refractivity contribution >= 4 is 5.91 Å². The van der Waals surface area contributed by atoms with Crippen LogP contribution in [-0.4, -0.2) is 39.6 Å². The molecule has 0 spiro atoms. The summed E-state index contributed by atoms with van der Waals surface area (Å²) in [6, 6.07) is 5.95. The highest BCUT2D eigenvalue weighted by atomic mass is 16.3. The Morgan fingerprint density at radius 3 is 2.56 bits per heavy atom. The number of aliphatic hydroxyl groups is 1. The van der Waals surface area contributed by atoms with Gasteiger partial charge in [0.1, 0.15) is 5.60 Å². The van der Waals surface area contributed by atoms with E-state index in [1.54, 1.807) is 18.7 Å². The van der Waals surface area contributed by atoms with Gasteiger partial charge in [0.2, 0.25) is 0 Å². The molecule has 18 heavy (non-hydrogen) atoms. The van der Waals surface area contributed by atoms with Crippen LogP contribution in [0.15, 0.2) is 24.4 Å². The fourth-order valence-corrected chi connectivity index (χ4v) is 2.38. The van der Waals surface area contributed by atoms with Crippen LogP contribution in [0.2, 0.25) is 0 Å². The average Bonchev–Trinajstić information content (AvgIpc) is 2.38. The molecule has 0 aliphatic carbocycles. The SMILES string of the molecule is CC(C)(O)C(=O)N1CCC(c2ccccn2)CC1. The lowest BCUT2D eigenvalue weighted by molar-refractivity contribution is -0.148. The summed E-state index contributed by atoms with van der Waals surface area (Å²) in [6.07, 6.45) is 3.64. The van der Waals surface area contributed by atoms with Crippen LogP contribution in [-0.2, 0) is 4.79 Å².